The lowest BCUT2D eigenvalue weighted by molar-refractivity contribution is -0.147. The second-order valence-corrected chi connectivity index (χ2v) is 12.2. The number of nitrogens with one attached hydrogen (secondary N) is 1. The van der Waals surface area contributed by atoms with Crippen molar-refractivity contribution in [3.63, 3.8) is 0 Å². The van der Waals surface area contributed by atoms with Crippen molar-refractivity contribution in [3.05, 3.63) is 101 Å². The number of nitrogens with zero attached hydrogens (tertiary/aromatic N) is 1. The summed E-state index contributed by atoms with van der Waals surface area (Å²) in [5.41, 5.74) is 5.47. The van der Waals surface area contributed by atoms with Crippen molar-refractivity contribution < 1.29 is 33.4 Å². The van der Waals surface area contributed by atoms with E-state index in [1.54, 1.807) is 24.3 Å². The van der Waals surface area contributed by atoms with Crippen molar-refractivity contribution in [1.29, 1.82) is 0 Å². The summed E-state index contributed by atoms with van der Waals surface area (Å²) < 4.78 is 10.3. The van der Waals surface area contributed by atoms with E-state index in [1.165, 1.54) is 4.90 Å². The lowest BCUT2D eigenvalue weighted by Crippen LogP contribution is -2.41. The highest BCUT2D eigenvalue weighted by atomic mass is 16.5. The fourth-order valence-electron chi connectivity index (χ4n) is 7.17. The fourth-order valence-corrected chi connectivity index (χ4v) is 7.17. The SMILES string of the molecule is CCCCOC(=O)c1ccc(NC(=O)COC(=O)CCCCCN2C(=O)[C@@H]3C4c5ccccc5C(c5ccccc54)[C@H]3C2=O)cc1. The van der Waals surface area contributed by atoms with E-state index in [4.69, 9.17) is 9.47 Å². The molecule has 4 aliphatic rings. The van der Waals surface area contributed by atoms with Crippen LogP contribution in [0.4, 0.5) is 5.69 Å². The lowest BCUT2D eigenvalue weighted by Gasteiger charge is -2.45. The molecule has 46 heavy (non-hydrogen) atoms. The van der Waals surface area contributed by atoms with Crippen molar-refractivity contribution in [1.82, 2.24) is 4.90 Å². The zero-order chi connectivity index (χ0) is 32.2. The number of carbonyl (C=O) groups excluding carboxylic acids is 5. The van der Waals surface area contributed by atoms with Crippen LogP contribution in [0.25, 0.3) is 0 Å². The highest BCUT2D eigenvalue weighted by molar-refractivity contribution is 6.07. The summed E-state index contributed by atoms with van der Waals surface area (Å²) in [5.74, 6) is -2.59. The molecule has 7 rings (SSSR count). The second kappa shape index (κ2) is 13.7. The number of amides is 3. The molecule has 0 spiro atoms. The molecule has 0 aromatic heterocycles. The first-order valence-electron chi connectivity index (χ1n) is 16.1. The van der Waals surface area contributed by atoms with Crippen LogP contribution in [0, 0.1) is 11.8 Å². The van der Waals surface area contributed by atoms with Crippen molar-refractivity contribution >= 4 is 35.3 Å². The lowest BCUT2D eigenvalue weighted by atomic mass is 9.55. The molecule has 3 aliphatic carbocycles. The largest absolute Gasteiger partial charge is 0.462 e. The highest BCUT2D eigenvalue weighted by Crippen LogP contribution is 2.60. The van der Waals surface area contributed by atoms with Gasteiger partial charge in [0, 0.05) is 30.5 Å². The number of imide groups is 1. The molecular weight excluding hydrogens is 584 g/mol. The van der Waals surface area contributed by atoms with E-state index in [1.807, 2.05) is 31.2 Å². The molecule has 0 radical (unpaired) electrons. The number of rotatable bonds is 13. The smallest absolute Gasteiger partial charge is 0.338 e. The van der Waals surface area contributed by atoms with E-state index < -0.39 is 24.5 Å². The molecular formula is C37H38N2O7. The maximum atomic E-state index is 13.7. The normalized spacial score (nSPS) is 20.5. The average molecular weight is 623 g/mol. The number of ether oxygens (including phenoxy) is 2. The molecule has 1 fully saturated rings. The predicted octanol–water partition coefficient (Wildman–Crippen LogP) is 5.58. The van der Waals surface area contributed by atoms with Gasteiger partial charge in [0.2, 0.25) is 11.8 Å². The van der Waals surface area contributed by atoms with Crippen molar-refractivity contribution in [2.45, 2.75) is 57.3 Å². The topological polar surface area (TPSA) is 119 Å². The first-order chi connectivity index (χ1) is 22.4. The number of carbonyl (C=O) groups is 5. The predicted molar refractivity (Wildman–Crippen MR) is 170 cm³/mol. The summed E-state index contributed by atoms with van der Waals surface area (Å²) in [5, 5.41) is 2.64. The Morgan fingerprint density at radius 2 is 1.28 bits per heavy atom. The Morgan fingerprint density at radius 1 is 0.717 bits per heavy atom. The standard InChI is InChI=1S/C37H38N2O7/c1-2-3-21-45-37(44)23-16-18-24(19-17-23)38-29(40)22-46-30(41)15-5-4-10-20-39-35(42)33-31-25-11-6-7-12-26(25)32(34(33)36(39)43)28-14-9-8-13-27(28)31/h6-9,11-14,16-19,31-34H,2-5,10,15,20-22H2,1H3,(H,38,40)/t31?,32?,33-,34-/m1/s1. The van der Waals surface area contributed by atoms with Gasteiger partial charge in [-0.05, 0) is 65.8 Å². The van der Waals surface area contributed by atoms with Crippen LogP contribution in [0.1, 0.15) is 89.9 Å². The molecule has 3 aromatic carbocycles. The third-order valence-corrected chi connectivity index (χ3v) is 9.30. The van der Waals surface area contributed by atoms with Crippen LogP contribution in [0.15, 0.2) is 72.8 Å². The molecule has 0 saturated carbocycles. The quantitative estimate of drug-likeness (QED) is 0.150. The molecule has 238 valence electrons. The van der Waals surface area contributed by atoms with Crippen molar-refractivity contribution in [3.8, 4) is 0 Å². The van der Waals surface area contributed by atoms with E-state index in [9.17, 15) is 24.0 Å². The van der Waals surface area contributed by atoms with Gasteiger partial charge in [-0.1, -0.05) is 68.3 Å². The Hall–Kier alpha value is -4.79. The molecule has 1 N–H and O–H groups in total. The monoisotopic (exact) mass is 622 g/mol. The third-order valence-electron chi connectivity index (χ3n) is 9.30. The van der Waals surface area contributed by atoms with Gasteiger partial charge in [-0.2, -0.15) is 0 Å². The molecule has 9 heteroatoms. The second-order valence-electron chi connectivity index (χ2n) is 12.2. The molecule has 2 bridgehead atoms. The van der Waals surface area contributed by atoms with Gasteiger partial charge in [-0.3, -0.25) is 24.1 Å². The van der Waals surface area contributed by atoms with Gasteiger partial charge in [-0.25, -0.2) is 4.79 Å². The van der Waals surface area contributed by atoms with Gasteiger partial charge < -0.3 is 14.8 Å². The third kappa shape index (κ3) is 6.06. The molecule has 9 nitrogen and oxygen atoms in total. The molecule has 0 unspecified atom stereocenters. The Kier molecular flexibility index (Phi) is 9.28. The molecule has 3 amide bonds. The highest BCUT2D eigenvalue weighted by Gasteiger charge is 2.61. The van der Waals surface area contributed by atoms with Gasteiger partial charge in [0.1, 0.15) is 0 Å². The first-order valence-corrected chi connectivity index (χ1v) is 16.1. The summed E-state index contributed by atoms with van der Waals surface area (Å²) in [6.07, 6.45) is 3.59. The maximum Gasteiger partial charge on any atom is 0.338 e. The Bertz CT molecular complexity index is 1530. The minimum absolute atomic E-state index is 0.0963. The minimum Gasteiger partial charge on any atom is -0.462 e. The van der Waals surface area contributed by atoms with Gasteiger partial charge in [0.15, 0.2) is 6.61 Å². The van der Waals surface area contributed by atoms with Crippen LogP contribution in [-0.4, -0.2) is 54.3 Å². The number of benzene rings is 3. The maximum absolute atomic E-state index is 13.7. The molecule has 3 aromatic rings. The summed E-state index contributed by atoms with van der Waals surface area (Å²) in [6, 6.07) is 22.7. The van der Waals surface area contributed by atoms with E-state index in [2.05, 4.69) is 29.6 Å². The summed E-state index contributed by atoms with van der Waals surface area (Å²) in [4.78, 5) is 65.3. The molecule has 1 heterocycles. The number of likely N-dealkylation sites (tertiary alicyclic amines) is 1. The Balaban J connectivity index is 0.932. The number of unbranched alkanes of at least 4 members (excludes halogenated alkanes) is 3. The number of anilines is 1. The summed E-state index contributed by atoms with van der Waals surface area (Å²) in [6.45, 7) is 2.28. The minimum atomic E-state index is -0.494. The van der Waals surface area contributed by atoms with Gasteiger partial charge >= 0.3 is 11.9 Å². The van der Waals surface area contributed by atoms with Crippen molar-refractivity contribution in [2.75, 3.05) is 25.1 Å². The Morgan fingerprint density at radius 3 is 1.83 bits per heavy atom. The number of hydrogen-bond acceptors (Lipinski definition) is 7. The van der Waals surface area contributed by atoms with Gasteiger partial charge in [0.25, 0.3) is 5.91 Å². The van der Waals surface area contributed by atoms with Crippen LogP contribution in [0.2, 0.25) is 0 Å². The van der Waals surface area contributed by atoms with Crippen LogP contribution < -0.4 is 5.32 Å². The van der Waals surface area contributed by atoms with Crippen LogP contribution in [-0.2, 0) is 28.7 Å². The summed E-state index contributed by atoms with van der Waals surface area (Å²) >= 11 is 0. The molecule has 2 atom stereocenters. The van der Waals surface area contributed by atoms with Crippen LogP contribution >= 0.6 is 0 Å². The van der Waals surface area contributed by atoms with E-state index in [0.29, 0.717) is 43.7 Å². The van der Waals surface area contributed by atoms with E-state index >= 15 is 0 Å². The van der Waals surface area contributed by atoms with Crippen molar-refractivity contribution in [2.24, 2.45) is 11.8 Å². The summed E-state index contributed by atoms with van der Waals surface area (Å²) in [7, 11) is 0. The van der Waals surface area contributed by atoms with Gasteiger partial charge in [-0.15, -0.1) is 0 Å². The van der Waals surface area contributed by atoms with Crippen LogP contribution in [0.3, 0.4) is 0 Å². The van der Waals surface area contributed by atoms with E-state index in [0.717, 1.165) is 35.1 Å². The van der Waals surface area contributed by atoms with E-state index in [-0.39, 0.29) is 41.9 Å². The molecule has 1 aliphatic heterocycles. The number of hydrogen-bond donors (Lipinski definition) is 1. The Labute approximate surface area is 268 Å². The van der Waals surface area contributed by atoms with Gasteiger partial charge in [0.05, 0.1) is 24.0 Å². The van der Waals surface area contributed by atoms with Crippen LogP contribution in [0.5, 0.6) is 0 Å². The first kappa shape index (κ1) is 31.2. The zero-order valence-electron chi connectivity index (χ0n) is 25.9. The fraction of sp³-hybridized carbons (Fsp3) is 0.378. The zero-order valence-corrected chi connectivity index (χ0v) is 25.9. The average Bonchev–Trinajstić information content (AvgIpc) is 3.33. The number of esters is 2. The molecule has 1 saturated heterocycles.